The third kappa shape index (κ3) is 1.98. The number of non-ortho nitro benzene ring substituents is 1. The highest BCUT2D eigenvalue weighted by Crippen LogP contribution is 2.28. The summed E-state index contributed by atoms with van der Waals surface area (Å²) in [6, 6.07) is 7.58. The molecule has 0 unspecified atom stereocenters. The van der Waals surface area contributed by atoms with Gasteiger partial charge in [0, 0.05) is 34.8 Å². The zero-order chi connectivity index (χ0) is 13.3. The van der Waals surface area contributed by atoms with Gasteiger partial charge in [-0.25, -0.2) is 0 Å². The largest absolute Gasteiger partial charge is 0.342 e. The van der Waals surface area contributed by atoms with Crippen molar-refractivity contribution in [2.24, 2.45) is 0 Å². The van der Waals surface area contributed by atoms with Crippen LogP contribution in [0.4, 0.5) is 5.69 Å². The van der Waals surface area contributed by atoms with E-state index in [2.05, 4.69) is 31.4 Å². The minimum atomic E-state index is -0.342. The van der Waals surface area contributed by atoms with Gasteiger partial charge in [0.1, 0.15) is 0 Å². The summed E-state index contributed by atoms with van der Waals surface area (Å²) in [5.41, 5.74) is 2.48. The number of hydrogen-bond donors (Lipinski definition) is 0. The van der Waals surface area contributed by atoms with E-state index in [1.165, 1.54) is 5.69 Å². The lowest BCUT2D eigenvalue weighted by atomic mass is 10.2. The Hall–Kier alpha value is -1.84. The first-order chi connectivity index (χ1) is 8.58. The fraction of sp³-hybridized carbons (Fsp3) is 0.429. The number of nitrogens with zero attached hydrogens (tertiary/aromatic N) is 2. The third-order valence-corrected chi connectivity index (χ3v) is 3.51. The lowest BCUT2D eigenvalue weighted by Gasteiger charge is -2.16. The zero-order valence-electron chi connectivity index (χ0n) is 11.0. The Labute approximate surface area is 106 Å². The molecule has 0 amide bonds. The molecule has 0 saturated carbocycles. The fourth-order valence-corrected chi connectivity index (χ4v) is 2.37. The zero-order valence-corrected chi connectivity index (χ0v) is 11.0. The van der Waals surface area contributed by atoms with Gasteiger partial charge in [0.25, 0.3) is 5.69 Å². The average Bonchev–Trinajstić information content (AvgIpc) is 2.74. The third-order valence-electron chi connectivity index (χ3n) is 3.51. The van der Waals surface area contributed by atoms with E-state index in [1.54, 1.807) is 12.1 Å². The van der Waals surface area contributed by atoms with Crippen molar-refractivity contribution in [3.05, 3.63) is 40.1 Å². The van der Waals surface area contributed by atoms with Crippen LogP contribution >= 0.6 is 0 Å². The molecule has 1 atom stereocenters. The maximum Gasteiger partial charge on any atom is 0.270 e. The first-order valence-corrected chi connectivity index (χ1v) is 6.36. The first kappa shape index (κ1) is 12.6. The number of nitro groups is 1. The summed E-state index contributed by atoms with van der Waals surface area (Å²) in [5.74, 6) is 0. The summed E-state index contributed by atoms with van der Waals surface area (Å²) >= 11 is 0. The van der Waals surface area contributed by atoms with Crippen LogP contribution in [0.5, 0.6) is 0 Å². The molecule has 0 spiro atoms. The van der Waals surface area contributed by atoms with Crippen LogP contribution in [0.3, 0.4) is 0 Å². The van der Waals surface area contributed by atoms with Crippen LogP contribution in [0.2, 0.25) is 0 Å². The molecule has 1 aromatic carbocycles. The fourth-order valence-electron chi connectivity index (χ4n) is 2.37. The Bertz CT molecular complexity index is 587. The van der Waals surface area contributed by atoms with E-state index in [0.717, 1.165) is 23.7 Å². The SMILES string of the molecule is CCc1cc2cc([N+](=O)[O-])ccc2n1[C@@H](C)CC. The van der Waals surface area contributed by atoms with Gasteiger partial charge in [-0.05, 0) is 31.9 Å². The predicted molar refractivity (Wildman–Crippen MR) is 73.0 cm³/mol. The minimum absolute atomic E-state index is 0.159. The molecule has 4 heteroatoms. The number of fused-ring (bicyclic) bond motifs is 1. The van der Waals surface area contributed by atoms with Crippen LogP contribution in [0.15, 0.2) is 24.3 Å². The normalized spacial score (nSPS) is 12.8. The Morgan fingerprint density at radius 1 is 1.33 bits per heavy atom. The molecule has 0 bridgehead atoms. The molecule has 18 heavy (non-hydrogen) atoms. The molecule has 0 saturated heterocycles. The maximum absolute atomic E-state index is 10.8. The summed E-state index contributed by atoms with van der Waals surface area (Å²) in [7, 11) is 0. The average molecular weight is 246 g/mol. The molecule has 2 rings (SSSR count). The van der Waals surface area contributed by atoms with Crippen molar-refractivity contribution in [1.29, 1.82) is 0 Å². The smallest absolute Gasteiger partial charge is 0.270 e. The van der Waals surface area contributed by atoms with Gasteiger partial charge in [-0.2, -0.15) is 0 Å². The van der Waals surface area contributed by atoms with Crippen LogP contribution in [-0.4, -0.2) is 9.49 Å². The van der Waals surface area contributed by atoms with Gasteiger partial charge >= 0.3 is 0 Å². The molecule has 2 aromatic rings. The molecular formula is C14H18N2O2. The van der Waals surface area contributed by atoms with E-state index in [0.29, 0.717) is 6.04 Å². The van der Waals surface area contributed by atoms with Crippen LogP contribution in [0, 0.1) is 10.1 Å². The minimum Gasteiger partial charge on any atom is -0.342 e. The van der Waals surface area contributed by atoms with Crippen molar-refractivity contribution in [3.8, 4) is 0 Å². The van der Waals surface area contributed by atoms with Gasteiger partial charge in [-0.3, -0.25) is 10.1 Å². The molecule has 0 aliphatic rings. The Kier molecular flexibility index (Phi) is 3.36. The van der Waals surface area contributed by atoms with E-state index < -0.39 is 0 Å². The topological polar surface area (TPSA) is 48.1 Å². The highest BCUT2D eigenvalue weighted by molar-refractivity contribution is 5.83. The maximum atomic E-state index is 10.8. The number of hydrogen-bond acceptors (Lipinski definition) is 2. The summed E-state index contributed by atoms with van der Waals surface area (Å²) < 4.78 is 2.29. The van der Waals surface area contributed by atoms with Gasteiger partial charge in [-0.15, -0.1) is 0 Å². The van der Waals surface area contributed by atoms with Crippen LogP contribution in [-0.2, 0) is 6.42 Å². The number of benzene rings is 1. The van der Waals surface area contributed by atoms with Crippen molar-refractivity contribution in [1.82, 2.24) is 4.57 Å². The van der Waals surface area contributed by atoms with E-state index in [-0.39, 0.29) is 10.6 Å². The summed E-state index contributed by atoms with van der Waals surface area (Å²) in [4.78, 5) is 10.5. The van der Waals surface area contributed by atoms with Gasteiger partial charge in [0.2, 0.25) is 0 Å². The van der Waals surface area contributed by atoms with Crippen LogP contribution in [0.1, 0.15) is 38.9 Å². The lowest BCUT2D eigenvalue weighted by molar-refractivity contribution is -0.384. The number of aryl methyl sites for hydroxylation is 1. The van der Waals surface area contributed by atoms with E-state index >= 15 is 0 Å². The molecule has 4 nitrogen and oxygen atoms in total. The van der Waals surface area contributed by atoms with Crippen molar-refractivity contribution in [2.45, 2.75) is 39.7 Å². The van der Waals surface area contributed by atoms with Crippen molar-refractivity contribution < 1.29 is 4.92 Å². The summed E-state index contributed by atoms with van der Waals surface area (Å²) in [6.07, 6.45) is 1.99. The summed E-state index contributed by atoms with van der Waals surface area (Å²) in [6.45, 7) is 6.45. The monoisotopic (exact) mass is 246 g/mol. The van der Waals surface area contributed by atoms with Crippen molar-refractivity contribution in [3.63, 3.8) is 0 Å². The standard InChI is InChI=1S/C14H18N2O2/c1-4-10(3)15-12(5-2)8-11-9-13(16(17)18)6-7-14(11)15/h6-10H,4-5H2,1-3H3/t10-/m0/s1. The molecular weight excluding hydrogens is 228 g/mol. The van der Waals surface area contributed by atoms with E-state index in [1.807, 2.05) is 6.07 Å². The van der Waals surface area contributed by atoms with E-state index in [9.17, 15) is 10.1 Å². The predicted octanol–water partition coefficient (Wildman–Crippen LogP) is 4.08. The molecule has 0 aliphatic heterocycles. The molecule has 1 aromatic heterocycles. The van der Waals surface area contributed by atoms with Crippen LogP contribution in [0.25, 0.3) is 10.9 Å². The first-order valence-electron chi connectivity index (χ1n) is 6.36. The molecule has 0 N–H and O–H groups in total. The van der Waals surface area contributed by atoms with Crippen molar-refractivity contribution >= 4 is 16.6 Å². The molecule has 1 heterocycles. The second-order valence-electron chi connectivity index (χ2n) is 4.62. The van der Waals surface area contributed by atoms with Gasteiger partial charge in [0.15, 0.2) is 0 Å². The molecule has 0 radical (unpaired) electrons. The molecule has 0 aliphatic carbocycles. The van der Waals surface area contributed by atoms with Crippen LogP contribution < -0.4 is 0 Å². The Morgan fingerprint density at radius 3 is 2.61 bits per heavy atom. The highest BCUT2D eigenvalue weighted by atomic mass is 16.6. The summed E-state index contributed by atoms with van der Waals surface area (Å²) in [5, 5.41) is 11.8. The Balaban J connectivity index is 2.66. The number of aromatic nitrogens is 1. The second kappa shape index (κ2) is 4.80. The number of rotatable bonds is 4. The van der Waals surface area contributed by atoms with E-state index in [4.69, 9.17) is 0 Å². The molecule has 96 valence electrons. The second-order valence-corrected chi connectivity index (χ2v) is 4.62. The van der Waals surface area contributed by atoms with Gasteiger partial charge < -0.3 is 4.57 Å². The highest BCUT2D eigenvalue weighted by Gasteiger charge is 2.14. The lowest BCUT2D eigenvalue weighted by Crippen LogP contribution is -2.06. The molecule has 0 fully saturated rings. The van der Waals surface area contributed by atoms with Crippen molar-refractivity contribution in [2.75, 3.05) is 0 Å². The van der Waals surface area contributed by atoms with Gasteiger partial charge in [0.05, 0.1) is 4.92 Å². The van der Waals surface area contributed by atoms with Gasteiger partial charge in [-0.1, -0.05) is 13.8 Å². The quantitative estimate of drug-likeness (QED) is 0.602. The number of nitro benzene ring substituents is 1. The Morgan fingerprint density at radius 2 is 2.06 bits per heavy atom.